The Kier molecular flexibility index (Phi) is 6.54. The minimum atomic E-state index is -4.28. The van der Waals surface area contributed by atoms with Crippen LogP contribution in [0.25, 0.3) is 0 Å². The van der Waals surface area contributed by atoms with Crippen LogP contribution in [-0.2, 0) is 9.09 Å². The van der Waals surface area contributed by atoms with Gasteiger partial charge in [-0.2, -0.15) is 0 Å². The van der Waals surface area contributed by atoms with Crippen LogP contribution in [0.1, 0.15) is 0 Å². The molecule has 44 valence electrons. The number of phosphoric acid groups is 1. The predicted molar refractivity (Wildman–Crippen MR) is 30.5 cm³/mol. The van der Waals surface area contributed by atoms with Gasteiger partial charge in [0.2, 0.25) is 0 Å². The summed E-state index contributed by atoms with van der Waals surface area (Å²) in [5.74, 6) is 0. The molecule has 0 saturated carbocycles. The SMILES string of the molecule is C=COP(=O)(O)O.[NaH]. The van der Waals surface area contributed by atoms with E-state index in [2.05, 4.69) is 11.1 Å². The van der Waals surface area contributed by atoms with Gasteiger partial charge in [0, 0.05) is 0 Å². The van der Waals surface area contributed by atoms with Crippen molar-refractivity contribution in [3.63, 3.8) is 0 Å². The van der Waals surface area contributed by atoms with Gasteiger partial charge >= 0.3 is 37.4 Å². The van der Waals surface area contributed by atoms with E-state index in [-0.39, 0.29) is 29.6 Å². The quantitative estimate of drug-likeness (QED) is 0.317. The van der Waals surface area contributed by atoms with Crippen LogP contribution < -0.4 is 0 Å². The molecule has 4 nitrogen and oxygen atoms in total. The van der Waals surface area contributed by atoms with E-state index in [1.54, 1.807) is 0 Å². The molecule has 0 aliphatic carbocycles. The summed E-state index contributed by atoms with van der Waals surface area (Å²) in [6, 6.07) is 0. The second kappa shape index (κ2) is 4.56. The van der Waals surface area contributed by atoms with Gasteiger partial charge in [0.1, 0.15) is 0 Å². The summed E-state index contributed by atoms with van der Waals surface area (Å²) in [7, 11) is -4.28. The first-order chi connectivity index (χ1) is 3.06. The van der Waals surface area contributed by atoms with Crippen LogP contribution in [0.2, 0.25) is 0 Å². The molecule has 0 aliphatic rings. The molecule has 0 rings (SSSR count). The maximum absolute atomic E-state index is 9.63. The van der Waals surface area contributed by atoms with Crippen molar-refractivity contribution >= 4 is 37.4 Å². The molecule has 0 fully saturated rings. The second-order valence-corrected chi connectivity index (χ2v) is 1.95. The maximum atomic E-state index is 9.63. The molecule has 0 saturated heterocycles. The first-order valence-electron chi connectivity index (χ1n) is 1.41. The molecular weight excluding hydrogens is 142 g/mol. The number of rotatable bonds is 2. The van der Waals surface area contributed by atoms with Crippen LogP contribution in [0, 0.1) is 0 Å². The normalized spacial score (nSPS) is 9.25. The van der Waals surface area contributed by atoms with Gasteiger partial charge in [0.15, 0.2) is 0 Å². The average Bonchev–Trinajstić information content (AvgIpc) is 1.30. The van der Waals surface area contributed by atoms with Crippen LogP contribution in [0.5, 0.6) is 0 Å². The fourth-order valence-corrected chi connectivity index (χ4v) is 0.291. The molecule has 0 atom stereocenters. The Morgan fingerprint density at radius 3 is 2.00 bits per heavy atom. The Bertz CT molecular complexity index is 107. The van der Waals surface area contributed by atoms with Gasteiger partial charge in [0.25, 0.3) is 0 Å². The number of phosphoric ester groups is 1. The predicted octanol–water partition coefficient (Wildman–Crippen LogP) is -0.409. The van der Waals surface area contributed by atoms with Crippen molar-refractivity contribution < 1.29 is 18.9 Å². The van der Waals surface area contributed by atoms with Gasteiger partial charge in [-0.25, -0.2) is 4.57 Å². The average molecular weight is 148 g/mol. The van der Waals surface area contributed by atoms with Crippen molar-refractivity contribution in [2.75, 3.05) is 0 Å². The zero-order chi connectivity index (χ0) is 5.91. The van der Waals surface area contributed by atoms with Gasteiger partial charge in [0.05, 0.1) is 6.26 Å². The molecule has 2 N–H and O–H groups in total. The van der Waals surface area contributed by atoms with E-state index in [1.807, 2.05) is 0 Å². The van der Waals surface area contributed by atoms with Crippen molar-refractivity contribution in [2.45, 2.75) is 0 Å². The summed E-state index contributed by atoms with van der Waals surface area (Å²) >= 11 is 0. The third kappa shape index (κ3) is 9.85. The monoisotopic (exact) mass is 148 g/mol. The van der Waals surface area contributed by atoms with Crippen LogP contribution >= 0.6 is 7.82 Å². The summed E-state index contributed by atoms with van der Waals surface area (Å²) in [6.07, 6.45) is 0.695. The van der Waals surface area contributed by atoms with Crippen molar-refractivity contribution in [1.82, 2.24) is 0 Å². The summed E-state index contributed by atoms with van der Waals surface area (Å²) in [4.78, 5) is 15.7. The summed E-state index contributed by atoms with van der Waals surface area (Å²) in [5, 5.41) is 0. The van der Waals surface area contributed by atoms with Crippen molar-refractivity contribution in [3.8, 4) is 0 Å². The van der Waals surface area contributed by atoms with Crippen molar-refractivity contribution in [2.24, 2.45) is 0 Å². The molecule has 0 unspecified atom stereocenters. The molecule has 0 radical (unpaired) electrons. The summed E-state index contributed by atoms with van der Waals surface area (Å²) in [6.45, 7) is 2.93. The zero-order valence-corrected chi connectivity index (χ0v) is 4.34. The Morgan fingerprint density at radius 2 is 2.00 bits per heavy atom. The van der Waals surface area contributed by atoms with Crippen LogP contribution in [0.4, 0.5) is 0 Å². The van der Waals surface area contributed by atoms with Gasteiger partial charge in [-0.05, 0) is 0 Å². The van der Waals surface area contributed by atoms with Crippen molar-refractivity contribution in [1.29, 1.82) is 0 Å². The minimum absolute atomic E-state index is 0. The summed E-state index contributed by atoms with van der Waals surface area (Å²) < 4.78 is 13.3. The van der Waals surface area contributed by atoms with E-state index in [4.69, 9.17) is 9.79 Å². The third-order valence-corrected chi connectivity index (χ3v) is 0.636. The van der Waals surface area contributed by atoms with E-state index >= 15 is 0 Å². The Balaban J connectivity index is 0. The topological polar surface area (TPSA) is 66.8 Å². The molecule has 0 amide bonds. The first-order valence-corrected chi connectivity index (χ1v) is 2.94. The van der Waals surface area contributed by atoms with Gasteiger partial charge in [-0.3, -0.25) is 9.79 Å². The zero-order valence-electron chi connectivity index (χ0n) is 3.44. The van der Waals surface area contributed by atoms with E-state index in [0.717, 1.165) is 0 Å². The molecule has 0 bridgehead atoms. The number of hydrogen-bond acceptors (Lipinski definition) is 2. The van der Waals surface area contributed by atoms with Gasteiger partial charge in [-0.1, -0.05) is 6.58 Å². The third-order valence-electron chi connectivity index (χ3n) is 0.212. The molecule has 0 heterocycles. The van der Waals surface area contributed by atoms with E-state index in [1.165, 1.54) is 0 Å². The molecule has 0 aliphatic heterocycles. The fraction of sp³-hybridized carbons (Fsp3) is 0. The second-order valence-electron chi connectivity index (χ2n) is 0.763. The van der Waals surface area contributed by atoms with Crippen molar-refractivity contribution in [3.05, 3.63) is 12.8 Å². The van der Waals surface area contributed by atoms with Gasteiger partial charge in [-0.15, -0.1) is 0 Å². The number of hydrogen-bond donors (Lipinski definition) is 2. The fourth-order valence-electron chi connectivity index (χ4n) is 0.0971. The summed E-state index contributed by atoms with van der Waals surface area (Å²) in [5.41, 5.74) is 0. The Labute approximate surface area is 69.1 Å². The van der Waals surface area contributed by atoms with E-state index in [9.17, 15) is 4.57 Å². The Hall–Kier alpha value is 0.690. The van der Waals surface area contributed by atoms with Crippen LogP contribution in [0.3, 0.4) is 0 Å². The molecule has 6 heteroatoms. The molecule has 0 aromatic carbocycles. The Morgan fingerprint density at radius 1 is 1.62 bits per heavy atom. The van der Waals surface area contributed by atoms with Crippen LogP contribution in [-0.4, -0.2) is 39.3 Å². The first kappa shape index (κ1) is 11.5. The standard InChI is InChI=1S/C2H5O4P.Na.H/c1-2-6-7(3,4)5;;/h2H,1H2,(H2,3,4,5);;. The molecular formula is C2H6NaO4P. The van der Waals surface area contributed by atoms with E-state index < -0.39 is 7.82 Å². The van der Waals surface area contributed by atoms with E-state index in [0.29, 0.717) is 6.26 Å². The molecule has 0 spiro atoms. The van der Waals surface area contributed by atoms with Gasteiger partial charge < -0.3 is 4.52 Å². The molecule has 8 heavy (non-hydrogen) atoms. The molecule has 0 aromatic rings. The van der Waals surface area contributed by atoms with Crippen LogP contribution in [0.15, 0.2) is 12.8 Å². The molecule has 0 aromatic heterocycles.